The van der Waals surface area contributed by atoms with Crippen LogP contribution in [0, 0.1) is 5.92 Å². The molecule has 262 valence electrons. The van der Waals surface area contributed by atoms with Crippen LogP contribution >= 0.6 is 0 Å². The van der Waals surface area contributed by atoms with Gasteiger partial charge >= 0.3 is 11.9 Å². The number of nitrogens with zero attached hydrogens (tertiary/aromatic N) is 1. The molecule has 0 heterocycles. The van der Waals surface area contributed by atoms with Crippen molar-refractivity contribution in [2.75, 3.05) is 27.2 Å². The van der Waals surface area contributed by atoms with Crippen molar-refractivity contribution in [2.24, 2.45) is 5.92 Å². The summed E-state index contributed by atoms with van der Waals surface area (Å²) in [6, 6.07) is 0. The zero-order valence-corrected chi connectivity index (χ0v) is 30.4. The molecule has 0 spiro atoms. The van der Waals surface area contributed by atoms with Gasteiger partial charge < -0.3 is 14.4 Å². The second-order valence-electron chi connectivity index (χ2n) is 13.8. The summed E-state index contributed by atoms with van der Waals surface area (Å²) in [6.45, 7) is 8.28. The Morgan fingerprint density at radius 1 is 0.500 bits per heavy atom. The van der Waals surface area contributed by atoms with Crippen molar-refractivity contribution in [1.29, 1.82) is 0 Å². The van der Waals surface area contributed by atoms with Crippen LogP contribution in [-0.2, 0) is 19.1 Å². The van der Waals surface area contributed by atoms with E-state index in [4.69, 9.17) is 9.47 Å². The first-order chi connectivity index (χ1) is 21.4. The van der Waals surface area contributed by atoms with Gasteiger partial charge in [-0.1, -0.05) is 143 Å². The molecule has 0 bridgehead atoms. The van der Waals surface area contributed by atoms with Gasteiger partial charge in [0, 0.05) is 12.8 Å². The van der Waals surface area contributed by atoms with E-state index in [-0.39, 0.29) is 18.0 Å². The van der Waals surface area contributed by atoms with Gasteiger partial charge in [0.1, 0.15) is 6.10 Å². The maximum Gasteiger partial charge on any atom is 0.306 e. The standard InChI is InChI=1S/C39H77NO4/c1-6-9-12-15-18-21-27-36(28-22-19-16-13-10-7-2)33-35-43-38(41)31-25-20-24-30-37(29-23-17-14-11-8-3)44-39(42)32-26-34-40(4)5/h36-37H,6-35H2,1-5H3. The van der Waals surface area contributed by atoms with Gasteiger partial charge in [-0.3, -0.25) is 9.59 Å². The summed E-state index contributed by atoms with van der Waals surface area (Å²) in [5, 5.41) is 0. The highest BCUT2D eigenvalue weighted by Crippen LogP contribution is 2.23. The number of rotatable bonds is 34. The fourth-order valence-electron chi connectivity index (χ4n) is 6.11. The first-order valence-electron chi connectivity index (χ1n) is 19.4. The van der Waals surface area contributed by atoms with Crippen LogP contribution in [0.4, 0.5) is 0 Å². The van der Waals surface area contributed by atoms with Gasteiger partial charge in [-0.2, -0.15) is 0 Å². The van der Waals surface area contributed by atoms with Crippen molar-refractivity contribution in [3.63, 3.8) is 0 Å². The first kappa shape index (κ1) is 42.9. The topological polar surface area (TPSA) is 55.8 Å². The molecule has 0 aromatic rings. The van der Waals surface area contributed by atoms with E-state index in [1.807, 2.05) is 14.1 Å². The third-order valence-corrected chi connectivity index (χ3v) is 9.04. The predicted octanol–water partition coefficient (Wildman–Crippen LogP) is 11.6. The highest BCUT2D eigenvalue weighted by molar-refractivity contribution is 5.69. The highest BCUT2D eigenvalue weighted by Gasteiger charge is 2.15. The fraction of sp³-hybridized carbons (Fsp3) is 0.949. The minimum atomic E-state index is -0.0553. The Morgan fingerprint density at radius 2 is 0.932 bits per heavy atom. The molecular weight excluding hydrogens is 546 g/mol. The summed E-state index contributed by atoms with van der Waals surface area (Å²) in [5.41, 5.74) is 0. The molecular formula is C39H77NO4. The van der Waals surface area contributed by atoms with Crippen molar-refractivity contribution in [3.05, 3.63) is 0 Å². The fourth-order valence-corrected chi connectivity index (χ4v) is 6.11. The molecule has 0 aliphatic heterocycles. The van der Waals surface area contributed by atoms with E-state index >= 15 is 0 Å². The average molecular weight is 624 g/mol. The molecule has 0 saturated carbocycles. The SMILES string of the molecule is CCCCCCCCC(CCCCCCCC)CCOC(=O)CCCCCC(CCCCCCC)OC(=O)CCCN(C)C. The summed E-state index contributed by atoms with van der Waals surface area (Å²) < 4.78 is 11.6. The Morgan fingerprint density at radius 3 is 1.43 bits per heavy atom. The van der Waals surface area contributed by atoms with Gasteiger partial charge in [0.25, 0.3) is 0 Å². The predicted molar refractivity (Wildman–Crippen MR) is 189 cm³/mol. The lowest BCUT2D eigenvalue weighted by Crippen LogP contribution is -2.20. The Labute approximate surface area is 275 Å². The van der Waals surface area contributed by atoms with Gasteiger partial charge in [-0.25, -0.2) is 0 Å². The minimum absolute atomic E-state index is 0.0191. The van der Waals surface area contributed by atoms with Crippen LogP contribution in [0.1, 0.15) is 201 Å². The van der Waals surface area contributed by atoms with Gasteiger partial charge in [0.2, 0.25) is 0 Å². The molecule has 0 amide bonds. The number of carbonyl (C=O) groups excluding carboxylic acids is 2. The third kappa shape index (κ3) is 30.9. The highest BCUT2D eigenvalue weighted by atomic mass is 16.5. The Balaban J connectivity index is 4.33. The second-order valence-corrected chi connectivity index (χ2v) is 13.8. The van der Waals surface area contributed by atoms with Crippen LogP contribution in [-0.4, -0.2) is 50.2 Å². The first-order valence-corrected chi connectivity index (χ1v) is 19.4. The summed E-state index contributed by atoms with van der Waals surface area (Å²) in [7, 11) is 4.07. The van der Waals surface area contributed by atoms with Crippen LogP contribution in [0.3, 0.4) is 0 Å². The number of esters is 2. The van der Waals surface area contributed by atoms with Crippen molar-refractivity contribution in [1.82, 2.24) is 4.90 Å². The van der Waals surface area contributed by atoms with E-state index in [1.54, 1.807) is 0 Å². The molecule has 44 heavy (non-hydrogen) atoms. The van der Waals surface area contributed by atoms with Crippen LogP contribution in [0.15, 0.2) is 0 Å². The normalized spacial score (nSPS) is 12.2. The molecule has 0 saturated heterocycles. The largest absolute Gasteiger partial charge is 0.466 e. The number of carbonyl (C=O) groups is 2. The van der Waals surface area contributed by atoms with Gasteiger partial charge in [-0.15, -0.1) is 0 Å². The van der Waals surface area contributed by atoms with E-state index < -0.39 is 0 Å². The Bertz CT molecular complexity index is 607. The van der Waals surface area contributed by atoms with Crippen LogP contribution in [0.25, 0.3) is 0 Å². The van der Waals surface area contributed by atoms with Crippen molar-refractivity contribution in [2.45, 2.75) is 207 Å². The maximum absolute atomic E-state index is 12.5. The second kappa shape index (κ2) is 33.3. The monoisotopic (exact) mass is 624 g/mol. The number of ether oxygens (including phenoxy) is 2. The molecule has 0 aliphatic rings. The average Bonchev–Trinajstić information content (AvgIpc) is 2.99. The number of hydrogen-bond donors (Lipinski definition) is 0. The molecule has 1 unspecified atom stereocenters. The molecule has 0 N–H and O–H groups in total. The molecule has 5 heteroatoms. The van der Waals surface area contributed by atoms with Crippen molar-refractivity contribution < 1.29 is 19.1 Å². The summed E-state index contributed by atoms with van der Waals surface area (Å²) in [5.74, 6) is 0.604. The van der Waals surface area contributed by atoms with Crippen LogP contribution < -0.4 is 0 Å². The van der Waals surface area contributed by atoms with Crippen molar-refractivity contribution >= 4 is 11.9 Å². The smallest absolute Gasteiger partial charge is 0.306 e. The van der Waals surface area contributed by atoms with Crippen LogP contribution in [0.5, 0.6) is 0 Å². The summed E-state index contributed by atoms with van der Waals surface area (Å²) >= 11 is 0. The van der Waals surface area contributed by atoms with E-state index in [2.05, 4.69) is 25.7 Å². The molecule has 1 atom stereocenters. The lowest BCUT2D eigenvalue weighted by atomic mass is 9.91. The molecule has 0 radical (unpaired) electrons. The molecule has 5 nitrogen and oxygen atoms in total. The zero-order valence-electron chi connectivity index (χ0n) is 30.4. The Kier molecular flexibility index (Phi) is 32.4. The van der Waals surface area contributed by atoms with Gasteiger partial charge in [-0.05, 0) is 71.5 Å². The molecule has 0 aliphatic carbocycles. The van der Waals surface area contributed by atoms with E-state index in [1.165, 1.54) is 116 Å². The maximum atomic E-state index is 12.5. The van der Waals surface area contributed by atoms with Gasteiger partial charge in [0.15, 0.2) is 0 Å². The minimum Gasteiger partial charge on any atom is -0.466 e. The third-order valence-electron chi connectivity index (χ3n) is 9.04. The molecule has 0 rings (SSSR count). The van der Waals surface area contributed by atoms with Crippen LogP contribution in [0.2, 0.25) is 0 Å². The lowest BCUT2D eigenvalue weighted by Gasteiger charge is -2.18. The van der Waals surface area contributed by atoms with E-state index in [9.17, 15) is 9.59 Å². The molecule has 0 aromatic heterocycles. The quantitative estimate of drug-likeness (QED) is 0.0527. The number of unbranched alkanes of at least 4 members (excludes halogenated alkanes) is 16. The summed E-state index contributed by atoms with van der Waals surface area (Å²) in [6.07, 6.45) is 32.5. The van der Waals surface area contributed by atoms with E-state index in [0.29, 0.717) is 25.4 Å². The van der Waals surface area contributed by atoms with Gasteiger partial charge in [0.05, 0.1) is 6.61 Å². The lowest BCUT2D eigenvalue weighted by molar-refractivity contribution is -0.150. The Hall–Kier alpha value is -1.10. The zero-order chi connectivity index (χ0) is 32.5. The molecule has 0 fully saturated rings. The number of hydrogen-bond acceptors (Lipinski definition) is 5. The van der Waals surface area contributed by atoms with Crippen molar-refractivity contribution in [3.8, 4) is 0 Å². The molecule has 0 aromatic carbocycles. The van der Waals surface area contributed by atoms with E-state index in [0.717, 1.165) is 57.9 Å². The summed E-state index contributed by atoms with van der Waals surface area (Å²) in [4.78, 5) is 27.0.